The Morgan fingerprint density at radius 3 is 2.92 bits per heavy atom. The van der Waals surface area contributed by atoms with E-state index < -0.39 is 17.8 Å². The molecule has 2 aliphatic rings. The van der Waals surface area contributed by atoms with Gasteiger partial charge in [0.1, 0.15) is 11.7 Å². The molecule has 1 aliphatic heterocycles. The molecule has 68 valence electrons. The molecule has 4 atom stereocenters. The summed E-state index contributed by atoms with van der Waals surface area (Å²) in [5.74, 6) is -0.264. The molecule has 2 N–H and O–H groups in total. The van der Waals surface area contributed by atoms with Crippen molar-refractivity contribution in [3.63, 3.8) is 0 Å². The number of hydrogen-bond donors (Lipinski definition) is 2. The number of hydrogen-bond acceptors (Lipinski definition) is 4. The zero-order chi connectivity index (χ0) is 8.93. The van der Waals surface area contributed by atoms with Gasteiger partial charge in [-0.2, -0.15) is 0 Å². The van der Waals surface area contributed by atoms with Gasteiger partial charge in [0.25, 0.3) is 0 Å². The van der Waals surface area contributed by atoms with Crippen LogP contribution in [0.4, 0.5) is 0 Å². The Kier molecular flexibility index (Phi) is 1.47. The van der Waals surface area contributed by atoms with Gasteiger partial charge < -0.3 is 14.9 Å². The van der Waals surface area contributed by atoms with E-state index >= 15 is 0 Å². The maximum absolute atomic E-state index is 10.8. The monoisotopic (exact) mass is 172 g/mol. The van der Waals surface area contributed by atoms with Crippen LogP contribution in [-0.4, -0.2) is 34.0 Å². The van der Waals surface area contributed by atoms with Gasteiger partial charge in [-0.15, -0.1) is 0 Å². The number of fused-ring (bicyclic) bond motifs is 1. The van der Waals surface area contributed by atoms with E-state index in [4.69, 9.17) is 4.74 Å². The molecule has 12 heavy (non-hydrogen) atoms. The summed E-state index contributed by atoms with van der Waals surface area (Å²) in [4.78, 5) is 10.8. The summed E-state index contributed by atoms with van der Waals surface area (Å²) >= 11 is 0. The van der Waals surface area contributed by atoms with Crippen molar-refractivity contribution in [2.45, 2.75) is 37.6 Å². The topological polar surface area (TPSA) is 66.8 Å². The predicted octanol–water partition coefficient (Wildman–Crippen LogP) is -0.566. The fourth-order valence-electron chi connectivity index (χ4n) is 2.13. The first-order chi connectivity index (χ1) is 5.51. The third kappa shape index (κ3) is 0.881. The van der Waals surface area contributed by atoms with Crippen molar-refractivity contribution < 1.29 is 19.7 Å². The summed E-state index contributed by atoms with van der Waals surface area (Å²) < 4.78 is 4.92. The van der Waals surface area contributed by atoms with E-state index in [0.29, 0.717) is 12.8 Å². The van der Waals surface area contributed by atoms with Crippen LogP contribution in [0.25, 0.3) is 0 Å². The second-order valence-electron chi connectivity index (χ2n) is 3.85. The zero-order valence-corrected chi connectivity index (χ0v) is 6.86. The van der Waals surface area contributed by atoms with Crippen LogP contribution in [0.15, 0.2) is 0 Å². The molecule has 1 aliphatic carbocycles. The summed E-state index contributed by atoms with van der Waals surface area (Å²) in [6.45, 7) is 1.51. The van der Waals surface area contributed by atoms with Crippen LogP contribution in [0.3, 0.4) is 0 Å². The fourth-order valence-corrected chi connectivity index (χ4v) is 2.13. The van der Waals surface area contributed by atoms with E-state index in [0.717, 1.165) is 0 Å². The highest BCUT2D eigenvalue weighted by Crippen LogP contribution is 2.42. The third-order valence-electron chi connectivity index (χ3n) is 2.89. The number of aliphatic hydroxyl groups is 2. The third-order valence-corrected chi connectivity index (χ3v) is 2.89. The van der Waals surface area contributed by atoms with Gasteiger partial charge in [-0.1, -0.05) is 0 Å². The highest BCUT2D eigenvalue weighted by molar-refractivity contribution is 5.72. The van der Waals surface area contributed by atoms with Crippen molar-refractivity contribution in [1.82, 2.24) is 0 Å². The van der Waals surface area contributed by atoms with Crippen molar-refractivity contribution in [1.29, 1.82) is 0 Å². The van der Waals surface area contributed by atoms with E-state index in [-0.39, 0.29) is 11.9 Å². The Bertz CT molecular complexity index is 223. The first-order valence-electron chi connectivity index (χ1n) is 4.11. The maximum Gasteiger partial charge on any atom is 0.306 e. The highest BCUT2D eigenvalue weighted by atomic mass is 16.6. The minimum Gasteiger partial charge on any atom is -0.459 e. The SMILES string of the molecule is CC1(O)C(O)CC2CC(=O)OC21. The first kappa shape index (κ1) is 8.01. The molecule has 4 heteroatoms. The summed E-state index contributed by atoms with van der Waals surface area (Å²) in [6, 6.07) is 0. The van der Waals surface area contributed by atoms with Crippen molar-refractivity contribution in [3.8, 4) is 0 Å². The largest absolute Gasteiger partial charge is 0.459 e. The second-order valence-corrected chi connectivity index (χ2v) is 3.85. The summed E-state index contributed by atoms with van der Waals surface area (Å²) in [5.41, 5.74) is -1.25. The zero-order valence-electron chi connectivity index (χ0n) is 6.86. The molecule has 0 radical (unpaired) electrons. The van der Waals surface area contributed by atoms with E-state index in [2.05, 4.69) is 0 Å². The summed E-state index contributed by atoms with van der Waals surface area (Å²) in [7, 11) is 0. The molecule has 0 amide bonds. The number of aliphatic hydroxyl groups excluding tert-OH is 1. The Morgan fingerprint density at radius 1 is 1.67 bits per heavy atom. The van der Waals surface area contributed by atoms with Crippen molar-refractivity contribution >= 4 is 5.97 Å². The lowest BCUT2D eigenvalue weighted by Crippen LogP contribution is -2.44. The number of rotatable bonds is 0. The van der Waals surface area contributed by atoms with Crippen LogP contribution in [0.1, 0.15) is 19.8 Å². The molecule has 0 aromatic heterocycles. The van der Waals surface area contributed by atoms with Gasteiger partial charge in [0.05, 0.1) is 12.5 Å². The molecule has 0 spiro atoms. The number of carbonyl (C=O) groups excluding carboxylic acids is 1. The molecule has 2 rings (SSSR count). The molecule has 1 saturated heterocycles. The Hall–Kier alpha value is -0.610. The standard InChI is InChI=1S/C8H12O4/c1-8(11)5(9)2-4-3-6(10)12-7(4)8/h4-5,7,9,11H,2-3H2,1H3. The van der Waals surface area contributed by atoms with Crippen LogP contribution >= 0.6 is 0 Å². The minimum atomic E-state index is -1.25. The first-order valence-corrected chi connectivity index (χ1v) is 4.11. The molecule has 0 aromatic carbocycles. The molecule has 0 bridgehead atoms. The molecule has 2 fully saturated rings. The predicted molar refractivity (Wildman–Crippen MR) is 39.2 cm³/mol. The van der Waals surface area contributed by atoms with Gasteiger partial charge in [-0.05, 0) is 13.3 Å². The Morgan fingerprint density at radius 2 is 2.33 bits per heavy atom. The molecule has 4 nitrogen and oxygen atoms in total. The van der Waals surface area contributed by atoms with E-state index in [9.17, 15) is 15.0 Å². The number of esters is 1. The van der Waals surface area contributed by atoms with E-state index in [1.807, 2.05) is 0 Å². The van der Waals surface area contributed by atoms with Crippen LogP contribution in [0.2, 0.25) is 0 Å². The minimum absolute atomic E-state index is 0.00231. The average molecular weight is 172 g/mol. The molecule has 1 saturated carbocycles. The van der Waals surface area contributed by atoms with Gasteiger partial charge in [-0.25, -0.2) is 0 Å². The van der Waals surface area contributed by atoms with Gasteiger partial charge in [0.2, 0.25) is 0 Å². The Balaban J connectivity index is 2.23. The normalized spacial score (nSPS) is 52.2. The highest BCUT2D eigenvalue weighted by Gasteiger charge is 2.56. The van der Waals surface area contributed by atoms with Crippen LogP contribution < -0.4 is 0 Å². The fraction of sp³-hybridized carbons (Fsp3) is 0.875. The van der Waals surface area contributed by atoms with Gasteiger partial charge in [0.15, 0.2) is 0 Å². The van der Waals surface area contributed by atoms with Crippen molar-refractivity contribution in [2.24, 2.45) is 5.92 Å². The lowest BCUT2D eigenvalue weighted by Gasteiger charge is -2.26. The van der Waals surface area contributed by atoms with Crippen molar-refractivity contribution in [2.75, 3.05) is 0 Å². The maximum atomic E-state index is 10.8. The van der Waals surface area contributed by atoms with Gasteiger partial charge in [-0.3, -0.25) is 4.79 Å². The van der Waals surface area contributed by atoms with Gasteiger partial charge in [0, 0.05) is 5.92 Å². The lowest BCUT2D eigenvalue weighted by molar-refractivity contribution is -0.157. The van der Waals surface area contributed by atoms with Gasteiger partial charge >= 0.3 is 5.97 Å². The van der Waals surface area contributed by atoms with Crippen molar-refractivity contribution in [3.05, 3.63) is 0 Å². The molecular weight excluding hydrogens is 160 g/mol. The molecule has 1 heterocycles. The van der Waals surface area contributed by atoms with Crippen LogP contribution in [0, 0.1) is 5.92 Å². The van der Waals surface area contributed by atoms with Crippen LogP contribution in [0.5, 0.6) is 0 Å². The quantitative estimate of drug-likeness (QED) is 0.480. The number of carbonyl (C=O) groups is 1. The van der Waals surface area contributed by atoms with E-state index in [1.54, 1.807) is 0 Å². The summed E-state index contributed by atoms with van der Waals surface area (Å²) in [5, 5.41) is 19.1. The molecule has 0 aromatic rings. The molecule has 4 unspecified atom stereocenters. The molecular formula is C8H12O4. The van der Waals surface area contributed by atoms with E-state index in [1.165, 1.54) is 6.92 Å². The second kappa shape index (κ2) is 2.20. The summed E-state index contributed by atoms with van der Waals surface area (Å²) in [6.07, 6.45) is -0.470. The lowest BCUT2D eigenvalue weighted by atomic mass is 9.98. The van der Waals surface area contributed by atoms with Crippen LogP contribution in [-0.2, 0) is 9.53 Å². The number of ether oxygens (including phenoxy) is 1. The smallest absolute Gasteiger partial charge is 0.306 e. The average Bonchev–Trinajstić information content (AvgIpc) is 2.38. The Labute approximate surface area is 70.1 Å².